The SMILES string of the molecule is CCNC(=NCC(c1c(F)cccc1F)N(C)C)NC1CCN(C(=O)C(C)C)CC1. The molecule has 1 unspecified atom stereocenters. The van der Waals surface area contributed by atoms with E-state index in [0.29, 0.717) is 12.5 Å². The Morgan fingerprint density at radius 3 is 2.33 bits per heavy atom. The van der Waals surface area contributed by atoms with E-state index in [1.807, 2.05) is 25.7 Å². The van der Waals surface area contributed by atoms with Crippen molar-refractivity contribution in [2.24, 2.45) is 10.9 Å². The molecule has 6 nitrogen and oxygen atoms in total. The number of hydrogen-bond acceptors (Lipinski definition) is 3. The minimum Gasteiger partial charge on any atom is -0.357 e. The van der Waals surface area contributed by atoms with Crippen molar-refractivity contribution in [1.82, 2.24) is 20.4 Å². The lowest BCUT2D eigenvalue weighted by Gasteiger charge is -2.34. The molecule has 1 aromatic carbocycles. The van der Waals surface area contributed by atoms with Crippen LogP contribution in [0, 0.1) is 17.6 Å². The number of likely N-dealkylation sites (tertiary alicyclic amines) is 1. The molecule has 0 spiro atoms. The third-order valence-corrected chi connectivity index (χ3v) is 5.36. The number of rotatable bonds is 7. The van der Waals surface area contributed by atoms with Crippen LogP contribution in [0.1, 0.15) is 45.2 Å². The minimum atomic E-state index is -0.566. The molecular formula is C22H35F2N5O. The predicted octanol–water partition coefficient (Wildman–Crippen LogP) is 2.77. The van der Waals surface area contributed by atoms with Gasteiger partial charge >= 0.3 is 0 Å². The van der Waals surface area contributed by atoms with Crippen LogP contribution in [0.5, 0.6) is 0 Å². The van der Waals surface area contributed by atoms with Crippen LogP contribution in [0.3, 0.4) is 0 Å². The highest BCUT2D eigenvalue weighted by atomic mass is 19.1. The molecule has 0 aromatic heterocycles. The molecule has 1 saturated heterocycles. The highest BCUT2D eigenvalue weighted by Gasteiger charge is 2.25. The number of piperidine rings is 1. The van der Waals surface area contributed by atoms with Crippen LogP contribution in [-0.2, 0) is 4.79 Å². The predicted molar refractivity (Wildman–Crippen MR) is 116 cm³/mol. The molecular weight excluding hydrogens is 388 g/mol. The number of nitrogens with zero attached hydrogens (tertiary/aromatic N) is 3. The van der Waals surface area contributed by atoms with Crippen molar-refractivity contribution in [3.63, 3.8) is 0 Å². The zero-order valence-corrected chi connectivity index (χ0v) is 18.7. The van der Waals surface area contributed by atoms with Gasteiger partial charge in [-0.15, -0.1) is 0 Å². The van der Waals surface area contributed by atoms with Gasteiger partial charge < -0.3 is 20.4 Å². The third kappa shape index (κ3) is 6.39. The Labute approximate surface area is 178 Å². The van der Waals surface area contributed by atoms with Crippen LogP contribution in [0.25, 0.3) is 0 Å². The van der Waals surface area contributed by atoms with E-state index in [1.54, 1.807) is 19.0 Å². The Morgan fingerprint density at radius 2 is 1.83 bits per heavy atom. The molecule has 30 heavy (non-hydrogen) atoms. The second-order valence-electron chi connectivity index (χ2n) is 8.23. The lowest BCUT2D eigenvalue weighted by molar-refractivity contribution is -0.135. The number of aliphatic imine (C=N–C) groups is 1. The maximum atomic E-state index is 14.3. The molecule has 8 heteroatoms. The smallest absolute Gasteiger partial charge is 0.225 e. The normalized spacial score (nSPS) is 16.8. The first kappa shape index (κ1) is 24.1. The number of hydrogen-bond donors (Lipinski definition) is 2. The average Bonchev–Trinajstić information content (AvgIpc) is 2.69. The summed E-state index contributed by atoms with van der Waals surface area (Å²) in [6, 6.07) is 3.59. The summed E-state index contributed by atoms with van der Waals surface area (Å²) in [6.45, 7) is 8.14. The van der Waals surface area contributed by atoms with Crippen molar-refractivity contribution < 1.29 is 13.6 Å². The fraction of sp³-hybridized carbons (Fsp3) is 0.636. The van der Waals surface area contributed by atoms with Gasteiger partial charge in [-0.05, 0) is 46.0 Å². The number of halogens is 2. The van der Waals surface area contributed by atoms with Gasteiger partial charge in [0.15, 0.2) is 5.96 Å². The van der Waals surface area contributed by atoms with E-state index in [-0.39, 0.29) is 30.0 Å². The lowest BCUT2D eigenvalue weighted by atomic mass is 10.0. The van der Waals surface area contributed by atoms with Crippen LogP contribution in [0.2, 0.25) is 0 Å². The van der Waals surface area contributed by atoms with E-state index in [1.165, 1.54) is 18.2 Å². The summed E-state index contributed by atoms with van der Waals surface area (Å²) >= 11 is 0. The summed E-state index contributed by atoms with van der Waals surface area (Å²) < 4.78 is 28.6. The van der Waals surface area contributed by atoms with E-state index in [4.69, 9.17) is 0 Å². The standard InChI is InChI=1S/C22H35F2N5O/c1-6-25-22(27-16-10-12-29(13-11-16)21(30)15(2)3)26-14-19(28(4)5)20-17(23)8-7-9-18(20)24/h7-9,15-16,19H,6,10-14H2,1-5H3,(H2,25,26,27). The van der Waals surface area contributed by atoms with Crippen LogP contribution in [-0.4, -0.2) is 68.0 Å². The zero-order valence-electron chi connectivity index (χ0n) is 18.7. The first-order valence-electron chi connectivity index (χ1n) is 10.7. The van der Waals surface area contributed by atoms with Crippen molar-refractivity contribution in [3.8, 4) is 0 Å². The molecule has 1 aliphatic rings. The maximum absolute atomic E-state index is 14.3. The van der Waals surface area contributed by atoms with E-state index in [0.717, 1.165) is 25.9 Å². The Hall–Kier alpha value is -2.22. The minimum absolute atomic E-state index is 0.00938. The van der Waals surface area contributed by atoms with Gasteiger partial charge in [-0.3, -0.25) is 9.79 Å². The van der Waals surface area contributed by atoms with Gasteiger partial charge in [-0.1, -0.05) is 19.9 Å². The first-order chi connectivity index (χ1) is 14.2. The molecule has 1 atom stereocenters. The number of nitrogens with one attached hydrogen (secondary N) is 2. The number of carbonyl (C=O) groups excluding carboxylic acids is 1. The molecule has 168 valence electrons. The van der Waals surface area contributed by atoms with Crippen LogP contribution < -0.4 is 10.6 Å². The maximum Gasteiger partial charge on any atom is 0.225 e. The number of amides is 1. The Kier molecular flexibility index (Phi) is 9.02. The van der Waals surface area contributed by atoms with E-state index < -0.39 is 17.7 Å². The Bertz CT molecular complexity index is 710. The number of benzene rings is 1. The Balaban J connectivity index is 2.05. The summed E-state index contributed by atoms with van der Waals surface area (Å²) in [4.78, 5) is 20.5. The summed E-state index contributed by atoms with van der Waals surface area (Å²) in [5, 5.41) is 6.62. The molecule has 2 N–H and O–H groups in total. The molecule has 0 bridgehead atoms. The fourth-order valence-corrected chi connectivity index (χ4v) is 3.64. The van der Waals surface area contributed by atoms with E-state index in [9.17, 15) is 13.6 Å². The van der Waals surface area contributed by atoms with Crippen molar-refractivity contribution in [2.75, 3.05) is 40.3 Å². The van der Waals surface area contributed by atoms with Crippen molar-refractivity contribution in [2.45, 2.75) is 45.7 Å². The molecule has 1 aromatic rings. The van der Waals surface area contributed by atoms with Crippen LogP contribution >= 0.6 is 0 Å². The van der Waals surface area contributed by atoms with Crippen molar-refractivity contribution in [3.05, 3.63) is 35.4 Å². The highest BCUT2D eigenvalue weighted by Crippen LogP contribution is 2.24. The monoisotopic (exact) mass is 423 g/mol. The summed E-state index contributed by atoms with van der Waals surface area (Å²) in [6.07, 6.45) is 1.67. The van der Waals surface area contributed by atoms with Crippen LogP contribution in [0.15, 0.2) is 23.2 Å². The summed E-state index contributed by atoms with van der Waals surface area (Å²) in [7, 11) is 3.57. The topological polar surface area (TPSA) is 60.0 Å². The fourth-order valence-electron chi connectivity index (χ4n) is 3.64. The third-order valence-electron chi connectivity index (χ3n) is 5.36. The Morgan fingerprint density at radius 1 is 1.23 bits per heavy atom. The average molecular weight is 424 g/mol. The molecule has 0 saturated carbocycles. The highest BCUT2D eigenvalue weighted by molar-refractivity contribution is 5.80. The van der Waals surface area contributed by atoms with E-state index >= 15 is 0 Å². The van der Waals surface area contributed by atoms with E-state index in [2.05, 4.69) is 15.6 Å². The quantitative estimate of drug-likeness (QED) is 0.523. The molecule has 1 amide bonds. The second-order valence-corrected chi connectivity index (χ2v) is 8.23. The first-order valence-corrected chi connectivity index (χ1v) is 10.7. The van der Waals surface area contributed by atoms with Crippen molar-refractivity contribution >= 4 is 11.9 Å². The van der Waals surface area contributed by atoms with Crippen LogP contribution in [0.4, 0.5) is 8.78 Å². The largest absolute Gasteiger partial charge is 0.357 e. The molecule has 1 aliphatic heterocycles. The molecule has 1 fully saturated rings. The summed E-state index contributed by atoms with van der Waals surface area (Å²) in [5.74, 6) is -0.312. The molecule has 0 aliphatic carbocycles. The molecule has 2 rings (SSSR count). The zero-order chi connectivity index (χ0) is 22.3. The molecule has 0 radical (unpaired) electrons. The van der Waals surface area contributed by atoms with Gasteiger partial charge in [0.25, 0.3) is 0 Å². The second kappa shape index (κ2) is 11.2. The van der Waals surface area contributed by atoms with Gasteiger partial charge in [0.05, 0.1) is 12.6 Å². The van der Waals surface area contributed by atoms with Gasteiger partial charge in [0, 0.05) is 37.2 Å². The number of likely N-dealkylation sites (N-methyl/N-ethyl adjacent to an activating group) is 1. The van der Waals surface area contributed by atoms with Gasteiger partial charge in [0.2, 0.25) is 5.91 Å². The van der Waals surface area contributed by atoms with Gasteiger partial charge in [0.1, 0.15) is 11.6 Å². The number of carbonyl (C=O) groups is 1. The molecule has 1 heterocycles. The van der Waals surface area contributed by atoms with Crippen molar-refractivity contribution in [1.29, 1.82) is 0 Å². The van der Waals surface area contributed by atoms with Gasteiger partial charge in [-0.2, -0.15) is 0 Å². The lowest BCUT2D eigenvalue weighted by Crippen LogP contribution is -2.50. The number of guanidine groups is 1. The van der Waals surface area contributed by atoms with Gasteiger partial charge in [-0.25, -0.2) is 8.78 Å². The summed E-state index contributed by atoms with van der Waals surface area (Å²) in [5.41, 5.74) is 0.0302.